The van der Waals surface area contributed by atoms with Crippen LogP contribution in [-0.4, -0.2) is 19.4 Å². The van der Waals surface area contributed by atoms with Crippen molar-refractivity contribution in [2.45, 2.75) is 40.0 Å². The van der Waals surface area contributed by atoms with Gasteiger partial charge in [0.2, 0.25) is 0 Å². The molecule has 0 N–H and O–H groups in total. The zero-order valence-corrected chi connectivity index (χ0v) is 11.6. The van der Waals surface area contributed by atoms with Gasteiger partial charge in [0.1, 0.15) is 5.78 Å². The number of Topliss-reactive ketones (excluding diaryl/α,β-unsaturated/α-hetero) is 1. The molecule has 94 valence electrons. The molecule has 0 atom stereocenters. The second-order valence-electron chi connectivity index (χ2n) is 5.07. The number of hydrogen-bond acceptors (Lipinski definition) is 2. The smallest absolute Gasteiger partial charge is 0.131 e. The van der Waals surface area contributed by atoms with E-state index in [9.17, 15) is 4.79 Å². The summed E-state index contributed by atoms with van der Waals surface area (Å²) in [6, 6.07) is 6.58. The summed E-state index contributed by atoms with van der Waals surface area (Å²) in [5.74, 6) is 0.782. The summed E-state index contributed by atoms with van der Waals surface area (Å²) in [7, 11) is 2.05. The molecule has 2 nitrogen and oxygen atoms in total. The van der Waals surface area contributed by atoms with E-state index < -0.39 is 0 Å². The highest BCUT2D eigenvalue weighted by molar-refractivity contribution is 5.76. The van der Waals surface area contributed by atoms with Crippen LogP contribution < -0.4 is 4.90 Å². The maximum atomic E-state index is 11.0. The Balaban J connectivity index is 2.87. The fourth-order valence-electron chi connectivity index (χ4n) is 1.84. The summed E-state index contributed by atoms with van der Waals surface area (Å²) in [6.07, 6.45) is 0.613. The molecule has 0 fully saturated rings. The molecular weight excluding hydrogens is 210 g/mol. The normalized spacial score (nSPS) is 10.7. The molecule has 2 heteroatoms. The molecule has 0 heterocycles. The van der Waals surface area contributed by atoms with Crippen molar-refractivity contribution in [1.29, 1.82) is 0 Å². The number of rotatable bonds is 5. The van der Waals surface area contributed by atoms with E-state index in [0.29, 0.717) is 12.3 Å². The third kappa shape index (κ3) is 3.88. The molecule has 0 aliphatic heterocycles. The molecule has 0 aliphatic rings. The number of nitrogens with zero attached hydrogens (tertiary/aromatic N) is 1. The van der Waals surface area contributed by atoms with Crippen molar-refractivity contribution in [1.82, 2.24) is 0 Å². The lowest BCUT2D eigenvalue weighted by Gasteiger charge is -2.22. The van der Waals surface area contributed by atoms with E-state index in [-0.39, 0.29) is 5.78 Å². The zero-order valence-electron chi connectivity index (χ0n) is 11.6. The minimum Gasteiger partial charge on any atom is -0.374 e. The fourth-order valence-corrected chi connectivity index (χ4v) is 1.84. The van der Waals surface area contributed by atoms with E-state index in [1.54, 1.807) is 6.92 Å². The number of anilines is 1. The van der Waals surface area contributed by atoms with Gasteiger partial charge in [0.05, 0.1) is 0 Å². The first-order chi connectivity index (χ1) is 7.91. The molecule has 0 spiro atoms. The molecule has 0 saturated carbocycles. The van der Waals surface area contributed by atoms with Crippen LogP contribution in [0.5, 0.6) is 0 Å². The van der Waals surface area contributed by atoms with Gasteiger partial charge in [-0.2, -0.15) is 0 Å². The fraction of sp³-hybridized carbons (Fsp3) is 0.533. The quantitative estimate of drug-likeness (QED) is 0.775. The maximum absolute atomic E-state index is 11.0. The lowest BCUT2D eigenvalue weighted by molar-refractivity contribution is -0.116. The van der Waals surface area contributed by atoms with Gasteiger partial charge in [-0.25, -0.2) is 0 Å². The van der Waals surface area contributed by atoms with Gasteiger partial charge in [-0.1, -0.05) is 26.0 Å². The monoisotopic (exact) mass is 233 g/mol. The summed E-state index contributed by atoms with van der Waals surface area (Å²) in [5.41, 5.74) is 3.85. The van der Waals surface area contributed by atoms with Crippen molar-refractivity contribution in [3.63, 3.8) is 0 Å². The molecule has 0 aliphatic carbocycles. The highest BCUT2D eigenvalue weighted by Crippen LogP contribution is 2.24. The number of ketones is 1. The largest absolute Gasteiger partial charge is 0.374 e. The van der Waals surface area contributed by atoms with Crippen molar-refractivity contribution in [3.8, 4) is 0 Å². The van der Waals surface area contributed by atoms with Crippen molar-refractivity contribution >= 4 is 11.5 Å². The first-order valence-electron chi connectivity index (χ1n) is 6.23. The van der Waals surface area contributed by atoms with E-state index in [1.807, 2.05) is 0 Å². The SMILES string of the molecule is CC(=O)CCN(C)c1cc(C(C)C)ccc1C. The van der Waals surface area contributed by atoms with Crippen LogP contribution in [-0.2, 0) is 4.79 Å². The average molecular weight is 233 g/mol. The number of aryl methyl sites for hydroxylation is 1. The second-order valence-corrected chi connectivity index (χ2v) is 5.07. The van der Waals surface area contributed by atoms with Crippen LogP contribution in [0.25, 0.3) is 0 Å². The molecule has 17 heavy (non-hydrogen) atoms. The summed E-state index contributed by atoms with van der Waals surface area (Å²) in [5, 5.41) is 0. The standard InChI is InChI=1S/C15H23NO/c1-11(2)14-7-6-12(3)15(10-14)16(5)9-8-13(4)17/h6-7,10-11H,8-9H2,1-5H3. The lowest BCUT2D eigenvalue weighted by Crippen LogP contribution is -2.21. The molecule has 0 bridgehead atoms. The Hall–Kier alpha value is -1.31. The molecule has 1 aromatic rings. The summed E-state index contributed by atoms with van der Waals surface area (Å²) < 4.78 is 0. The van der Waals surface area contributed by atoms with Crippen LogP contribution in [0.15, 0.2) is 18.2 Å². The minimum atomic E-state index is 0.245. The van der Waals surface area contributed by atoms with E-state index in [2.05, 4.69) is 50.9 Å². The van der Waals surface area contributed by atoms with Crippen molar-refractivity contribution < 1.29 is 4.79 Å². The van der Waals surface area contributed by atoms with Gasteiger partial charge in [0, 0.05) is 25.7 Å². The summed E-state index contributed by atoms with van der Waals surface area (Å²) >= 11 is 0. The Kier molecular flexibility index (Phi) is 4.73. The predicted octanol–water partition coefficient (Wildman–Crippen LogP) is 3.53. The second kappa shape index (κ2) is 5.85. The van der Waals surface area contributed by atoms with Gasteiger partial charge >= 0.3 is 0 Å². The van der Waals surface area contributed by atoms with Crippen LogP contribution in [0, 0.1) is 6.92 Å². The highest BCUT2D eigenvalue weighted by Gasteiger charge is 2.08. The van der Waals surface area contributed by atoms with Gasteiger partial charge < -0.3 is 4.90 Å². The van der Waals surface area contributed by atoms with Gasteiger partial charge in [0.25, 0.3) is 0 Å². The van der Waals surface area contributed by atoms with E-state index in [4.69, 9.17) is 0 Å². The Morgan fingerprint density at radius 1 is 1.35 bits per heavy atom. The average Bonchev–Trinajstić information content (AvgIpc) is 2.26. The summed E-state index contributed by atoms with van der Waals surface area (Å²) in [6.45, 7) is 8.95. The van der Waals surface area contributed by atoms with Crippen LogP contribution in [0.2, 0.25) is 0 Å². The number of hydrogen-bond donors (Lipinski definition) is 0. The van der Waals surface area contributed by atoms with Gasteiger partial charge in [-0.15, -0.1) is 0 Å². The maximum Gasteiger partial charge on any atom is 0.131 e. The van der Waals surface area contributed by atoms with Crippen molar-refractivity contribution in [2.24, 2.45) is 0 Å². The third-order valence-corrected chi connectivity index (χ3v) is 3.11. The number of carbonyl (C=O) groups excluding carboxylic acids is 1. The highest BCUT2D eigenvalue weighted by atomic mass is 16.1. The number of carbonyl (C=O) groups is 1. The van der Waals surface area contributed by atoms with Gasteiger partial charge in [-0.05, 0) is 37.0 Å². The van der Waals surface area contributed by atoms with Crippen molar-refractivity contribution in [3.05, 3.63) is 29.3 Å². The van der Waals surface area contributed by atoms with Gasteiger partial charge in [0.15, 0.2) is 0 Å². The first kappa shape index (κ1) is 13.8. The predicted molar refractivity (Wildman–Crippen MR) is 73.8 cm³/mol. The molecule has 0 aromatic heterocycles. The van der Waals surface area contributed by atoms with E-state index >= 15 is 0 Å². The Labute approximate surface area is 105 Å². The molecule has 0 radical (unpaired) electrons. The molecule has 1 aromatic carbocycles. The van der Waals surface area contributed by atoms with E-state index in [0.717, 1.165) is 6.54 Å². The lowest BCUT2D eigenvalue weighted by atomic mass is 10.00. The van der Waals surface area contributed by atoms with Crippen LogP contribution in [0.3, 0.4) is 0 Å². The van der Waals surface area contributed by atoms with Crippen LogP contribution in [0.4, 0.5) is 5.69 Å². The summed E-state index contributed by atoms with van der Waals surface area (Å²) in [4.78, 5) is 13.2. The number of benzene rings is 1. The minimum absolute atomic E-state index is 0.245. The molecule has 0 saturated heterocycles. The Morgan fingerprint density at radius 3 is 2.53 bits per heavy atom. The van der Waals surface area contributed by atoms with Crippen LogP contribution >= 0.6 is 0 Å². The molecule has 0 unspecified atom stereocenters. The Morgan fingerprint density at radius 2 is 2.00 bits per heavy atom. The first-order valence-corrected chi connectivity index (χ1v) is 6.23. The van der Waals surface area contributed by atoms with Crippen molar-refractivity contribution in [2.75, 3.05) is 18.5 Å². The topological polar surface area (TPSA) is 20.3 Å². The molecule has 0 amide bonds. The Bertz CT molecular complexity index is 396. The van der Waals surface area contributed by atoms with Gasteiger partial charge in [-0.3, -0.25) is 4.79 Å². The molecular formula is C15H23NO. The third-order valence-electron chi connectivity index (χ3n) is 3.11. The molecule has 1 rings (SSSR count). The zero-order chi connectivity index (χ0) is 13.0. The van der Waals surface area contributed by atoms with Crippen LogP contribution in [0.1, 0.15) is 44.2 Å². The van der Waals surface area contributed by atoms with E-state index in [1.165, 1.54) is 16.8 Å².